The molecule has 0 radical (unpaired) electrons. The second-order valence-electron chi connectivity index (χ2n) is 5.60. The van der Waals surface area contributed by atoms with Gasteiger partial charge in [-0.1, -0.05) is 6.92 Å². The molecule has 1 aromatic rings. The zero-order valence-electron chi connectivity index (χ0n) is 13.7. The minimum atomic E-state index is -0.385. The van der Waals surface area contributed by atoms with Gasteiger partial charge in [-0.25, -0.2) is 4.39 Å². The molecule has 1 aliphatic heterocycles. The summed E-state index contributed by atoms with van der Waals surface area (Å²) < 4.78 is 18.6. The molecular weight excluding hydrogens is 299 g/mol. The molecule has 0 spiro atoms. The predicted octanol–water partition coefficient (Wildman–Crippen LogP) is 1.85. The lowest BCUT2D eigenvalue weighted by Crippen LogP contribution is -2.37. The lowest BCUT2D eigenvalue weighted by molar-refractivity contribution is -0.133. The van der Waals surface area contributed by atoms with Crippen molar-refractivity contribution in [3.8, 4) is 5.75 Å². The van der Waals surface area contributed by atoms with E-state index in [2.05, 4.69) is 0 Å². The van der Waals surface area contributed by atoms with Crippen molar-refractivity contribution in [2.45, 2.75) is 26.2 Å². The fraction of sp³-hybridized carbons (Fsp3) is 0.529. The highest BCUT2D eigenvalue weighted by Crippen LogP contribution is 2.21. The molecule has 0 bridgehead atoms. The van der Waals surface area contributed by atoms with Crippen LogP contribution in [0.2, 0.25) is 0 Å². The van der Waals surface area contributed by atoms with Crippen LogP contribution in [0.3, 0.4) is 0 Å². The Morgan fingerprint density at radius 2 is 1.78 bits per heavy atom. The lowest BCUT2D eigenvalue weighted by Gasteiger charge is -2.22. The smallest absolute Gasteiger partial charge is 0.227 e. The summed E-state index contributed by atoms with van der Waals surface area (Å²) in [5.74, 6) is 0.173. The number of benzene rings is 1. The van der Waals surface area contributed by atoms with Crippen LogP contribution in [-0.4, -0.2) is 54.9 Å². The SMILES string of the molecule is CCC(=O)N1CCCN(C(=O)Cc2cc(F)ccc2OC)CC1. The van der Waals surface area contributed by atoms with Crippen LogP contribution in [0.15, 0.2) is 18.2 Å². The summed E-state index contributed by atoms with van der Waals surface area (Å²) in [6, 6.07) is 4.18. The Labute approximate surface area is 136 Å². The highest BCUT2D eigenvalue weighted by molar-refractivity contribution is 5.80. The molecule has 0 aliphatic carbocycles. The van der Waals surface area contributed by atoms with E-state index in [0.29, 0.717) is 43.9 Å². The van der Waals surface area contributed by atoms with Gasteiger partial charge in [-0.15, -0.1) is 0 Å². The number of rotatable bonds is 4. The van der Waals surface area contributed by atoms with E-state index in [1.807, 2.05) is 6.92 Å². The van der Waals surface area contributed by atoms with E-state index in [1.54, 1.807) is 9.80 Å². The van der Waals surface area contributed by atoms with Gasteiger partial charge in [0.25, 0.3) is 0 Å². The highest BCUT2D eigenvalue weighted by Gasteiger charge is 2.22. The van der Waals surface area contributed by atoms with Crippen LogP contribution in [0.25, 0.3) is 0 Å². The van der Waals surface area contributed by atoms with Crippen LogP contribution >= 0.6 is 0 Å². The van der Waals surface area contributed by atoms with E-state index < -0.39 is 0 Å². The molecule has 1 fully saturated rings. The number of hydrogen-bond donors (Lipinski definition) is 0. The van der Waals surface area contributed by atoms with Crippen molar-refractivity contribution in [2.24, 2.45) is 0 Å². The first-order chi connectivity index (χ1) is 11.0. The average Bonchev–Trinajstić information content (AvgIpc) is 2.80. The Balaban J connectivity index is 2.01. The fourth-order valence-electron chi connectivity index (χ4n) is 2.80. The van der Waals surface area contributed by atoms with Crippen LogP contribution in [0.1, 0.15) is 25.3 Å². The van der Waals surface area contributed by atoms with E-state index in [4.69, 9.17) is 4.74 Å². The second-order valence-corrected chi connectivity index (χ2v) is 5.60. The average molecular weight is 322 g/mol. The third kappa shape index (κ3) is 4.43. The number of amides is 2. The van der Waals surface area contributed by atoms with Gasteiger partial charge in [0, 0.05) is 38.2 Å². The largest absolute Gasteiger partial charge is 0.496 e. The summed E-state index contributed by atoms with van der Waals surface area (Å²) in [6.07, 6.45) is 1.34. The maximum Gasteiger partial charge on any atom is 0.227 e. The molecular formula is C17H23FN2O3. The van der Waals surface area contributed by atoms with Gasteiger partial charge >= 0.3 is 0 Å². The van der Waals surface area contributed by atoms with E-state index in [1.165, 1.54) is 25.3 Å². The molecule has 0 atom stereocenters. The van der Waals surface area contributed by atoms with Crippen molar-refractivity contribution in [3.63, 3.8) is 0 Å². The van der Waals surface area contributed by atoms with Crippen molar-refractivity contribution < 1.29 is 18.7 Å². The van der Waals surface area contributed by atoms with Gasteiger partial charge in [-0.3, -0.25) is 9.59 Å². The third-order valence-electron chi connectivity index (χ3n) is 4.09. The quantitative estimate of drug-likeness (QED) is 0.850. The number of nitrogens with zero attached hydrogens (tertiary/aromatic N) is 2. The molecule has 0 unspecified atom stereocenters. The van der Waals surface area contributed by atoms with Crippen molar-refractivity contribution in [1.82, 2.24) is 9.80 Å². The maximum atomic E-state index is 13.4. The fourth-order valence-corrected chi connectivity index (χ4v) is 2.80. The Morgan fingerprint density at radius 1 is 1.13 bits per heavy atom. The number of ether oxygens (including phenoxy) is 1. The Bertz CT molecular complexity index is 577. The van der Waals surface area contributed by atoms with E-state index in [0.717, 1.165) is 6.42 Å². The summed E-state index contributed by atoms with van der Waals surface area (Å²) in [6.45, 7) is 4.21. The molecule has 0 saturated carbocycles. The third-order valence-corrected chi connectivity index (χ3v) is 4.09. The molecule has 0 N–H and O–H groups in total. The van der Waals surface area contributed by atoms with Crippen molar-refractivity contribution >= 4 is 11.8 Å². The zero-order chi connectivity index (χ0) is 16.8. The highest BCUT2D eigenvalue weighted by atomic mass is 19.1. The molecule has 0 aromatic heterocycles. The summed E-state index contributed by atoms with van der Waals surface area (Å²) in [5, 5.41) is 0. The summed E-state index contributed by atoms with van der Waals surface area (Å²) in [4.78, 5) is 27.8. The molecule has 126 valence electrons. The number of methoxy groups -OCH3 is 1. The minimum Gasteiger partial charge on any atom is -0.496 e. The molecule has 6 heteroatoms. The first kappa shape index (κ1) is 17.2. The molecule has 23 heavy (non-hydrogen) atoms. The van der Waals surface area contributed by atoms with Crippen molar-refractivity contribution in [1.29, 1.82) is 0 Å². The van der Waals surface area contributed by atoms with Crippen LogP contribution in [-0.2, 0) is 16.0 Å². The van der Waals surface area contributed by atoms with Gasteiger partial charge in [-0.2, -0.15) is 0 Å². The molecule has 1 heterocycles. The number of halogens is 1. The maximum absolute atomic E-state index is 13.4. The standard InChI is InChI=1S/C17H23FN2O3/c1-3-16(21)19-7-4-8-20(10-9-19)17(22)12-13-11-14(18)5-6-15(13)23-2/h5-6,11H,3-4,7-10,12H2,1-2H3. The molecule has 1 aliphatic rings. The zero-order valence-corrected chi connectivity index (χ0v) is 13.7. The van der Waals surface area contributed by atoms with E-state index >= 15 is 0 Å². The predicted molar refractivity (Wildman–Crippen MR) is 84.7 cm³/mol. The Hall–Kier alpha value is -2.11. The molecule has 1 saturated heterocycles. The topological polar surface area (TPSA) is 49.9 Å². The van der Waals surface area contributed by atoms with E-state index in [-0.39, 0.29) is 24.1 Å². The normalized spacial score (nSPS) is 15.3. The lowest BCUT2D eigenvalue weighted by atomic mass is 10.1. The number of carbonyl (C=O) groups excluding carboxylic acids is 2. The van der Waals surface area contributed by atoms with E-state index in [9.17, 15) is 14.0 Å². The van der Waals surface area contributed by atoms with Gasteiger partial charge in [0.15, 0.2) is 0 Å². The van der Waals surface area contributed by atoms with Crippen LogP contribution in [0.4, 0.5) is 4.39 Å². The molecule has 5 nitrogen and oxygen atoms in total. The molecule has 2 rings (SSSR count). The number of hydrogen-bond acceptors (Lipinski definition) is 3. The Morgan fingerprint density at radius 3 is 2.39 bits per heavy atom. The number of carbonyl (C=O) groups is 2. The van der Waals surface area contributed by atoms with Crippen molar-refractivity contribution in [2.75, 3.05) is 33.3 Å². The Kier molecular flexibility index (Phi) is 5.96. The van der Waals surface area contributed by atoms with Gasteiger partial charge < -0.3 is 14.5 Å². The summed E-state index contributed by atoms with van der Waals surface area (Å²) >= 11 is 0. The summed E-state index contributed by atoms with van der Waals surface area (Å²) in [7, 11) is 1.50. The molecule has 2 amide bonds. The molecule has 1 aromatic carbocycles. The van der Waals surface area contributed by atoms with Crippen LogP contribution in [0.5, 0.6) is 5.75 Å². The van der Waals surface area contributed by atoms with Crippen LogP contribution in [0, 0.1) is 5.82 Å². The van der Waals surface area contributed by atoms with Crippen LogP contribution < -0.4 is 4.74 Å². The minimum absolute atomic E-state index is 0.0697. The van der Waals surface area contributed by atoms with Crippen molar-refractivity contribution in [3.05, 3.63) is 29.6 Å². The van der Waals surface area contributed by atoms with Gasteiger partial charge in [0.1, 0.15) is 11.6 Å². The first-order valence-corrected chi connectivity index (χ1v) is 7.93. The summed E-state index contributed by atoms with van der Waals surface area (Å²) in [5.41, 5.74) is 0.545. The monoisotopic (exact) mass is 322 g/mol. The van der Waals surface area contributed by atoms with Gasteiger partial charge in [-0.05, 0) is 24.6 Å². The second kappa shape index (κ2) is 7.94. The first-order valence-electron chi connectivity index (χ1n) is 7.93. The van der Waals surface area contributed by atoms with Gasteiger partial charge in [0.2, 0.25) is 11.8 Å². The van der Waals surface area contributed by atoms with Gasteiger partial charge in [0.05, 0.1) is 13.5 Å².